The third-order valence-corrected chi connectivity index (χ3v) is 26.4. The maximum Gasteiger partial charge on any atom is 0.302 e. The smallest absolute Gasteiger partial charge is 0.302 e. The summed E-state index contributed by atoms with van der Waals surface area (Å²) in [5.41, 5.74) is 8.45. The first-order valence-corrected chi connectivity index (χ1v) is 30.0. The second-order valence-corrected chi connectivity index (χ2v) is 31.3. The van der Waals surface area contributed by atoms with Crippen LogP contribution in [0.5, 0.6) is 0 Å². The maximum absolute atomic E-state index is 11.4. The molecule has 362 valence electrons. The monoisotopic (exact) mass is 899 g/mol. The Bertz CT molecular complexity index is 1810. The summed E-state index contributed by atoms with van der Waals surface area (Å²) >= 11 is 0. The van der Waals surface area contributed by atoms with Crippen LogP contribution in [-0.2, 0) is 14.0 Å². The number of aliphatic hydroxyl groups excluding tert-OH is 1. The van der Waals surface area contributed by atoms with Gasteiger partial charge in [-0.25, -0.2) is 0 Å². The third-order valence-electron chi connectivity index (χ3n) is 21.9. The highest BCUT2D eigenvalue weighted by Gasteiger charge is 2.59. The number of hydrogen-bond donors (Lipinski definition) is 1. The van der Waals surface area contributed by atoms with Crippen molar-refractivity contribution in [1.82, 2.24) is 0 Å². The zero-order valence-corrected chi connectivity index (χ0v) is 45.1. The number of fused-ring (bicyclic) bond motifs is 10. The SMILES string of the molecule is C/C=C1/CCC2C3CC=C4C[C@@H](O[Si](C)(C)C(C)(C)C)CC[C@]4(C)C3CC[C@]12C.CC(=O)OCCC(CC(O)C(C)C1=CCC2C3CC=C4C[C@@H](C)CC[C@]4(C)C3CC[C@]12C)C(C)C. The molecule has 5 fully saturated rings. The highest BCUT2D eigenvalue weighted by Crippen LogP contribution is 2.68. The number of allylic oxidation sites excluding steroid dienone is 6. The number of rotatable bonds is 10. The fraction of sp³-hybridized carbons (Fsp3) is 0.847. The highest BCUT2D eigenvalue weighted by molar-refractivity contribution is 6.74. The van der Waals surface area contributed by atoms with Crippen molar-refractivity contribution in [2.24, 2.45) is 80.8 Å². The molecule has 0 aromatic carbocycles. The summed E-state index contributed by atoms with van der Waals surface area (Å²) in [4.78, 5) is 11.2. The average molecular weight is 900 g/mol. The average Bonchev–Trinajstić information content (AvgIpc) is 3.76. The van der Waals surface area contributed by atoms with Gasteiger partial charge in [0.2, 0.25) is 0 Å². The number of carbonyl (C=O) groups is 1. The van der Waals surface area contributed by atoms with Gasteiger partial charge in [-0.2, -0.15) is 0 Å². The predicted molar refractivity (Wildman–Crippen MR) is 271 cm³/mol. The molecule has 8 rings (SSSR count). The molecule has 0 heterocycles. The summed E-state index contributed by atoms with van der Waals surface area (Å²) in [6, 6.07) is 0. The van der Waals surface area contributed by atoms with Crippen molar-refractivity contribution in [2.45, 2.75) is 230 Å². The molecule has 5 saturated carbocycles. The summed E-state index contributed by atoms with van der Waals surface area (Å²) in [6.45, 7) is 35.7. The lowest BCUT2D eigenvalue weighted by atomic mass is 9.46. The van der Waals surface area contributed by atoms with Crippen LogP contribution in [0.1, 0.15) is 199 Å². The Morgan fingerprint density at radius 3 is 1.95 bits per heavy atom. The summed E-state index contributed by atoms with van der Waals surface area (Å²) < 4.78 is 12.1. The first kappa shape index (κ1) is 50.4. The molecular weight excluding hydrogens is 801 g/mol. The van der Waals surface area contributed by atoms with Crippen LogP contribution in [0.25, 0.3) is 0 Å². The molecular formula is C59H98O4Si. The van der Waals surface area contributed by atoms with Gasteiger partial charge in [0.05, 0.1) is 12.7 Å². The summed E-state index contributed by atoms with van der Waals surface area (Å²) in [5.74, 6) is 6.76. The molecule has 0 aromatic heterocycles. The molecule has 1 N–H and O–H groups in total. The van der Waals surface area contributed by atoms with Gasteiger partial charge in [-0.15, -0.1) is 0 Å². The van der Waals surface area contributed by atoms with E-state index >= 15 is 0 Å². The van der Waals surface area contributed by atoms with Crippen molar-refractivity contribution in [2.75, 3.05) is 6.61 Å². The number of carbonyl (C=O) groups excluding carboxylic acids is 1. The third kappa shape index (κ3) is 9.23. The molecule has 0 bridgehead atoms. The van der Waals surface area contributed by atoms with E-state index in [0.717, 1.165) is 54.3 Å². The molecule has 0 amide bonds. The summed E-state index contributed by atoms with van der Waals surface area (Å²) in [6.07, 6.45) is 32.1. The van der Waals surface area contributed by atoms with Crippen molar-refractivity contribution in [3.05, 3.63) is 46.6 Å². The van der Waals surface area contributed by atoms with Crippen LogP contribution in [0, 0.1) is 80.8 Å². The van der Waals surface area contributed by atoms with E-state index in [0.29, 0.717) is 45.8 Å². The molecule has 64 heavy (non-hydrogen) atoms. The number of ether oxygens (including phenoxy) is 1. The normalized spacial score (nSPS) is 41.3. The molecule has 15 atom stereocenters. The molecule has 0 aliphatic heterocycles. The standard InChI is InChI=1S/C32H52O3.C27H46OSi/c1-20(2)24(14-17-35-23(5)33)19-30(34)22(4)27-10-11-28-26-9-8-25-18-21(3)12-15-31(25,6)29(26)13-16-32(27,28)7;1-9-19-11-13-23-22-12-10-20-18-21(28-29(7,8)25(2,3)4)14-16-27(20,6)24(22)15-17-26(19,23)5/h8,10,20-22,24,26,28-30,34H,9,11-19H2,1-7H3;9-10,21-24H,11-18H2,1-8H3/b;19-9-/t21-,22?,24?,26?,28?,29?,30?,31-,32+;21-,22?,23?,24?,26+,27-/m00/s1. The second-order valence-electron chi connectivity index (χ2n) is 26.5. The van der Waals surface area contributed by atoms with Crippen LogP contribution in [0.3, 0.4) is 0 Å². The predicted octanol–water partition coefficient (Wildman–Crippen LogP) is 16.0. The van der Waals surface area contributed by atoms with Gasteiger partial charge in [-0.1, -0.05) is 123 Å². The lowest BCUT2D eigenvalue weighted by molar-refractivity contribution is -0.141. The van der Waals surface area contributed by atoms with Crippen LogP contribution in [0.2, 0.25) is 18.1 Å². The molecule has 0 saturated heterocycles. The Kier molecular flexibility index (Phi) is 14.8. The van der Waals surface area contributed by atoms with Gasteiger partial charge < -0.3 is 14.3 Å². The zero-order valence-electron chi connectivity index (χ0n) is 44.1. The van der Waals surface area contributed by atoms with Crippen LogP contribution < -0.4 is 0 Å². The molecule has 8 aliphatic carbocycles. The molecule has 0 spiro atoms. The molecule has 0 radical (unpaired) electrons. The van der Waals surface area contributed by atoms with E-state index in [9.17, 15) is 9.90 Å². The number of esters is 1. The largest absolute Gasteiger partial charge is 0.466 e. The molecule has 9 unspecified atom stereocenters. The lowest BCUT2D eigenvalue weighted by Gasteiger charge is -2.58. The number of hydrogen-bond acceptors (Lipinski definition) is 4. The van der Waals surface area contributed by atoms with Crippen molar-refractivity contribution < 1.29 is 19.1 Å². The fourth-order valence-electron chi connectivity index (χ4n) is 16.6. The van der Waals surface area contributed by atoms with E-state index in [1.54, 1.807) is 16.7 Å². The first-order valence-electron chi connectivity index (χ1n) is 27.1. The van der Waals surface area contributed by atoms with E-state index < -0.39 is 8.32 Å². The van der Waals surface area contributed by atoms with Gasteiger partial charge in [-0.3, -0.25) is 4.79 Å². The van der Waals surface area contributed by atoms with Crippen LogP contribution >= 0.6 is 0 Å². The molecule has 4 nitrogen and oxygen atoms in total. The van der Waals surface area contributed by atoms with E-state index in [2.05, 4.69) is 120 Å². The Morgan fingerprint density at radius 2 is 1.36 bits per heavy atom. The Labute approximate surface area is 395 Å². The minimum atomic E-state index is -1.68. The van der Waals surface area contributed by atoms with E-state index in [4.69, 9.17) is 9.16 Å². The van der Waals surface area contributed by atoms with E-state index in [-0.39, 0.29) is 23.4 Å². The van der Waals surface area contributed by atoms with Crippen molar-refractivity contribution in [1.29, 1.82) is 0 Å². The molecule has 0 aromatic rings. The summed E-state index contributed by atoms with van der Waals surface area (Å²) in [7, 11) is -1.68. The minimum Gasteiger partial charge on any atom is -0.466 e. The van der Waals surface area contributed by atoms with Crippen molar-refractivity contribution in [3.63, 3.8) is 0 Å². The van der Waals surface area contributed by atoms with Gasteiger partial charge in [0.25, 0.3) is 0 Å². The zero-order chi connectivity index (χ0) is 46.8. The van der Waals surface area contributed by atoms with Gasteiger partial charge in [-0.05, 0) is 209 Å². The van der Waals surface area contributed by atoms with Crippen LogP contribution in [0.15, 0.2) is 46.6 Å². The minimum absolute atomic E-state index is 0.192. The maximum atomic E-state index is 11.4. The molecule has 8 aliphatic rings. The second kappa shape index (κ2) is 18.8. The van der Waals surface area contributed by atoms with Gasteiger partial charge in [0, 0.05) is 18.9 Å². The lowest BCUT2D eigenvalue weighted by Crippen LogP contribution is -2.51. The van der Waals surface area contributed by atoms with E-state index in [1.165, 1.54) is 109 Å². The van der Waals surface area contributed by atoms with Crippen LogP contribution in [0.4, 0.5) is 0 Å². The van der Waals surface area contributed by atoms with E-state index in [1.807, 2.05) is 0 Å². The van der Waals surface area contributed by atoms with Gasteiger partial charge in [0.1, 0.15) is 0 Å². The Hall–Kier alpha value is -1.43. The summed E-state index contributed by atoms with van der Waals surface area (Å²) in [5, 5.41) is 11.7. The fourth-order valence-corrected chi connectivity index (χ4v) is 18.0. The van der Waals surface area contributed by atoms with Gasteiger partial charge >= 0.3 is 5.97 Å². The highest BCUT2D eigenvalue weighted by atomic mass is 28.4. The van der Waals surface area contributed by atoms with Crippen LogP contribution in [-0.4, -0.2) is 38.2 Å². The molecule has 5 heteroatoms. The van der Waals surface area contributed by atoms with Crippen molar-refractivity contribution >= 4 is 14.3 Å². The van der Waals surface area contributed by atoms with Gasteiger partial charge in [0.15, 0.2) is 8.32 Å². The first-order chi connectivity index (χ1) is 29.9. The number of aliphatic hydroxyl groups is 1. The van der Waals surface area contributed by atoms with Crippen molar-refractivity contribution in [3.8, 4) is 0 Å². The Balaban J connectivity index is 0.000000195. The topological polar surface area (TPSA) is 55.8 Å². The quantitative estimate of drug-likeness (QED) is 0.135. The Morgan fingerprint density at radius 1 is 0.797 bits per heavy atom.